The molecule has 22 heavy (non-hydrogen) atoms. The lowest BCUT2D eigenvalue weighted by Crippen LogP contribution is -2.35. The van der Waals surface area contributed by atoms with Crippen LogP contribution in [0.4, 0.5) is 0 Å². The quantitative estimate of drug-likeness (QED) is 0.367. The number of nitroso groups, excluding NO2 is 1. The Morgan fingerprint density at radius 1 is 1.50 bits per heavy atom. The molecule has 0 N–H and O–H groups in total. The van der Waals surface area contributed by atoms with Crippen LogP contribution in [0.5, 0.6) is 0 Å². The van der Waals surface area contributed by atoms with Crippen LogP contribution >= 0.6 is 11.8 Å². The number of carbonyl (C=O) groups is 1. The van der Waals surface area contributed by atoms with Gasteiger partial charge < -0.3 is 4.74 Å². The fourth-order valence-corrected chi connectivity index (χ4v) is 3.65. The van der Waals surface area contributed by atoms with E-state index in [0.29, 0.717) is 17.0 Å². The molecule has 1 atom stereocenters. The summed E-state index contributed by atoms with van der Waals surface area (Å²) in [6.07, 6.45) is 5.50. The number of nitrogens with zero attached hydrogens (tertiary/aromatic N) is 2. The molecular formula is C16H18N2O3S. The van der Waals surface area contributed by atoms with Gasteiger partial charge in [-0.3, -0.25) is 4.99 Å². The highest BCUT2D eigenvalue weighted by atomic mass is 32.2. The van der Waals surface area contributed by atoms with Gasteiger partial charge in [-0.05, 0) is 48.8 Å². The van der Waals surface area contributed by atoms with E-state index in [1.807, 2.05) is 6.26 Å². The third-order valence-electron chi connectivity index (χ3n) is 3.87. The van der Waals surface area contributed by atoms with Crippen LogP contribution in [-0.2, 0) is 16.7 Å². The highest BCUT2D eigenvalue weighted by molar-refractivity contribution is 8.13. The summed E-state index contributed by atoms with van der Waals surface area (Å²) in [5.41, 5.74) is 1.25. The topological polar surface area (TPSA) is 68.1 Å². The standard InChI is InChI=1S/C16H18N2O3S/c1-4-17-15(22-3)16(18-20)9-5-6-11-10-12(14(19)21-2)7-8-13(11)16/h4,7-8,10H,1,5-6,9H2,2-3H3. The van der Waals surface area contributed by atoms with Crippen molar-refractivity contribution in [2.75, 3.05) is 13.4 Å². The van der Waals surface area contributed by atoms with Crippen molar-refractivity contribution in [1.82, 2.24) is 0 Å². The third kappa shape index (κ3) is 2.70. The summed E-state index contributed by atoms with van der Waals surface area (Å²) in [4.78, 5) is 27.6. The maximum absolute atomic E-state index is 11.7. The zero-order valence-corrected chi connectivity index (χ0v) is 13.5. The first-order valence-corrected chi connectivity index (χ1v) is 8.14. The highest BCUT2D eigenvalue weighted by Crippen LogP contribution is 2.42. The lowest BCUT2D eigenvalue weighted by atomic mass is 9.77. The van der Waals surface area contributed by atoms with Crippen molar-refractivity contribution >= 4 is 22.8 Å². The van der Waals surface area contributed by atoms with Crippen LogP contribution < -0.4 is 0 Å². The van der Waals surface area contributed by atoms with Crippen LogP contribution in [0.3, 0.4) is 0 Å². The monoisotopic (exact) mass is 318 g/mol. The predicted molar refractivity (Wildman–Crippen MR) is 89.3 cm³/mol. The zero-order chi connectivity index (χ0) is 16.2. The minimum absolute atomic E-state index is 0.386. The zero-order valence-electron chi connectivity index (χ0n) is 12.7. The van der Waals surface area contributed by atoms with Gasteiger partial charge in [0.25, 0.3) is 0 Å². The Morgan fingerprint density at radius 3 is 2.86 bits per heavy atom. The first-order chi connectivity index (χ1) is 10.6. The predicted octanol–water partition coefficient (Wildman–Crippen LogP) is 3.68. The van der Waals surface area contributed by atoms with Crippen LogP contribution in [0.2, 0.25) is 0 Å². The van der Waals surface area contributed by atoms with Crippen LogP contribution in [0.15, 0.2) is 41.1 Å². The van der Waals surface area contributed by atoms with E-state index in [1.54, 1.807) is 18.2 Å². The second-order valence-corrected chi connectivity index (χ2v) is 5.78. The van der Waals surface area contributed by atoms with Crippen LogP contribution in [-0.4, -0.2) is 24.4 Å². The van der Waals surface area contributed by atoms with Gasteiger partial charge >= 0.3 is 5.97 Å². The average Bonchev–Trinajstić information content (AvgIpc) is 2.57. The van der Waals surface area contributed by atoms with E-state index in [0.717, 1.165) is 24.0 Å². The van der Waals surface area contributed by atoms with Gasteiger partial charge in [0.1, 0.15) is 5.04 Å². The Hall–Kier alpha value is -1.95. The second kappa shape index (κ2) is 6.87. The fourth-order valence-electron chi connectivity index (χ4n) is 2.89. The Labute approximate surface area is 133 Å². The van der Waals surface area contributed by atoms with E-state index in [4.69, 9.17) is 4.74 Å². The van der Waals surface area contributed by atoms with Gasteiger partial charge in [0.15, 0.2) is 5.54 Å². The lowest BCUT2D eigenvalue weighted by Gasteiger charge is -2.33. The minimum atomic E-state index is -0.990. The number of methoxy groups -OCH3 is 1. The SMILES string of the molecule is C=CN=C(SC)C1(N=O)CCCc2cc(C(=O)OC)ccc21. The van der Waals surface area contributed by atoms with Gasteiger partial charge in [-0.1, -0.05) is 17.8 Å². The molecule has 0 aliphatic heterocycles. The molecule has 0 bridgehead atoms. The Bertz CT molecular complexity index is 642. The van der Waals surface area contributed by atoms with Crippen molar-refractivity contribution < 1.29 is 9.53 Å². The van der Waals surface area contributed by atoms with Gasteiger partial charge in [0.05, 0.1) is 12.7 Å². The summed E-state index contributed by atoms with van der Waals surface area (Å²) < 4.78 is 4.75. The summed E-state index contributed by atoms with van der Waals surface area (Å²) in [6.45, 7) is 3.61. The molecule has 0 fully saturated rings. The van der Waals surface area contributed by atoms with Crippen LogP contribution in [0.25, 0.3) is 0 Å². The Kier molecular flexibility index (Phi) is 5.13. The maximum Gasteiger partial charge on any atom is 0.337 e. The molecule has 0 amide bonds. The van der Waals surface area contributed by atoms with Gasteiger partial charge in [0.2, 0.25) is 0 Å². The highest BCUT2D eigenvalue weighted by Gasteiger charge is 2.43. The lowest BCUT2D eigenvalue weighted by molar-refractivity contribution is 0.0600. The molecule has 6 heteroatoms. The number of aryl methyl sites for hydroxylation is 1. The molecule has 1 aliphatic carbocycles. The molecule has 0 radical (unpaired) electrons. The molecule has 1 aromatic carbocycles. The molecule has 1 aliphatic rings. The van der Waals surface area contributed by atoms with Crippen molar-refractivity contribution in [2.45, 2.75) is 24.8 Å². The van der Waals surface area contributed by atoms with E-state index >= 15 is 0 Å². The van der Waals surface area contributed by atoms with E-state index in [2.05, 4.69) is 16.7 Å². The molecule has 1 unspecified atom stereocenters. The summed E-state index contributed by atoms with van der Waals surface area (Å²) >= 11 is 1.40. The number of hydrogen-bond donors (Lipinski definition) is 0. The van der Waals surface area contributed by atoms with Gasteiger partial charge in [-0.2, -0.15) is 0 Å². The molecule has 2 rings (SSSR count). The minimum Gasteiger partial charge on any atom is -0.465 e. The van der Waals surface area contributed by atoms with Crippen LogP contribution in [0, 0.1) is 4.91 Å². The number of hydrogen-bond acceptors (Lipinski definition) is 6. The third-order valence-corrected chi connectivity index (χ3v) is 4.70. The van der Waals surface area contributed by atoms with E-state index in [9.17, 15) is 9.70 Å². The van der Waals surface area contributed by atoms with Crippen molar-refractivity contribution in [1.29, 1.82) is 0 Å². The Balaban J connectivity index is 2.59. The van der Waals surface area contributed by atoms with E-state index in [-0.39, 0.29) is 5.97 Å². The average molecular weight is 318 g/mol. The largest absolute Gasteiger partial charge is 0.465 e. The maximum atomic E-state index is 11.7. The molecule has 1 aromatic rings. The van der Waals surface area contributed by atoms with Gasteiger partial charge in [-0.15, -0.1) is 16.7 Å². The van der Waals surface area contributed by atoms with Gasteiger partial charge in [0, 0.05) is 6.20 Å². The molecule has 0 aromatic heterocycles. The van der Waals surface area contributed by atoms with Crippen molar-refractivity contribution in [2.24, 2.45) is 10.2 Å². The number of aliphatic imine (C=N–C) groups is 1. The summed E-state index contributed by atoms with van der Waals surface area (Å²) in [7, 11) is 1.35. The van der Waals surface area contributed by atoms with Crippen molar-refractivity contribution in [3.05, 3.63) is 52.6 Å². The fraction of sp³-hybridized carbons (Fsp3) is 0.375. The van der Waals surface area contributed by atoms with E-state index < -0.39 is 5.54 Å². The second-order valence-electron chi connectivity index (χ2n) is 4.99. The molecule has 0 heterocycles. The molecule has 0 spiro atoms. The number of esters is 1. The smallest absolute Gasteiger partial charge is 0.337 e. The van der Waals surface area contributed by atoms with Crippen molar-refractivity contribution in [3.8, 4) is 0 Å². The molecule has 0 saturated heterocycles. The summed E-state index contributed by atoms with van der Waals surface area (Å²) in [5.74, 6) is -0.386. The number of benzene rings is 1. The number of fused-ring (bicyclic) bond motifs is 1. The summed E-state index contributed by atoms with van der Waals surface area (Å²) in [6, 6.07) is 5.24. The van der Waals surface area contributed by atoms with Crippen LogP contribution in [0.1, 0.15) is 34.3 Å². The first kappa shape index (κ1) is 16.4. The normalized spacial score (nSPS) is 20.9. The molecule has 116 valence electrons. The number of carbonyl (C=O) groups excluding carboxylic acids is 1. The molecule has 5 nitrogen and oxygen atoms in total. The van der Waals surface area contributed by atoms with E-state index in [1.165, 1.54) is 25.1 Å². The molecule has 0 saturated carbocycles. The number of rotatable bonds is 4. The number of thioether (sulfide) groups is 1. The summed E-state index contributed by atoms with van der Waals surface area (Å²) in [5, 5.41) is 4.07. The molecular weight excluding hydrogens is 300 g/mol. The van der Waals surface area contributed by atoms with Gasteiger partial charge in [-0.25, -0.2) is 4.79 Å². The van der Waals surface area contributed by atoms with Crippen molar-refractivity contribution in [3.63, 3.8) is 0 Å². The number of ether oxygens (including phenoxy) is 1. The first-order valence-electron chi connectivity index (χ1n) is 6.92. The Morgan fingerprint density at radius 2 is 2.27 bits per heavy atom.